The van der Waals surface area contributed by atoms with Gasteiger partial charge in [-0.05, 0) is 18.1 Å². The molecule has 7 heteroatoms. The summed E-state index contributed by atoms with van der Waals surface area (Å²) in [4.78, 5) is 35.6. The molecule has 0 unspecified atom stereocenters. The fourth-order valence-electron chi connectivity index (χ4n) is 2.26. The first-order valence-corrected chi connectivity index (χ1v) is 8.46. The van der Waals surface area contributed by atoms with Gasteiger partial charge in [0.25, 0.3) is 5.91 Å². The first-order valence-electron chi connectivity index (χ1n) is 8.46. The van der Waals surface area contributed by atoms with Gasteiger partial charge in [0.2, 0.25) is 0 Å². The number of esters is 1. The van der Waals surface area contributed by atoms with Gasteiger partial charge in [0.05, 0.1) is 0 Å². The molecule has 7 nitrogen and oxygen atoms in total. The lowest BCUT2D eigenvalue weighted by Gasteiger charge is -2.19. The van der Waals surface area contributed by atoms with Crippen LogP contribution in [0.15, 0.2) is 60.7 Å². The van der Waals surface area contributed by atoms with Crippen LogP contribution in [-0.2, 0) is 32.1 Å². The number of nitrogens with one attached hydrogen (secondary N) is 1. The predicted octanol–water partition coefficient (Wildman–Crippen LogP) is 1.94. The molecule has 142 valence electrons. The number of hydrogen-bond donors (Lipinski definition) is 2. The Morgan fingerprint density at radius 1 is 0.963 bits per heavy atom. The molecule has 0 aromatic heterocycles. The van der Waals surface area contributed by atoms with E-state index in [0.717, 1.165) is 11.1 Å². The number of hydrogen-bond acceptors (Lipinski definition) is 5. The Morgan fingerprint density at radius 2 is 1.52 bits per heavy atom. The fraction of sp³-hybridized carbons (Fsp3) is 0.250. The highest BCUT2D eigenvalue weighted by Crippen LogP contribution is 2.07. The lowest BCUT2D eigenvalue weighted by molar-refractivity contribution is -0.155. The van der Waals surface area contributed by atoms with E-state index in [9.17, 15) is 14.4 Å². The van der Waals surface area contributed by atoms with Crippen molar-refractivity contribution < 1.29 is 23.9 Å². The van der Waals surface area contributed by atoms with E-state index >= 15 is 0 Å². The zero-order valence-electron chi connectivity index (χ0n) is 15.0. The molecule has 2 amide bonds. The molecule has 0 spiro atoms. The van der Waals surface area contributed by atoms with Crippen molar-refractivity contribution in [2.75, 3.05) is 0 Å². The smallest absolute Gasteiger partial charge is 0.408 e. The highest BCUT2D eigenvalue weighted by Gasteiger charge is 2.26. The van der Waals surface area contributed by atoms with E-state index in [0.29, 0.717) is 0 Å². The molecule has 2 aromatic carbocycles. The lowest BCUT2D eigenvalue weighted by atomic mass is 10.1. The second-order valence-corrected chi connectivity index (χ2v) is 5.93. The quantitative estimate of drug-likeness (QED) is 0.691. The number of ether oxygens (including phenoxy) is 2. The molecule has 0 saturated heterocycles. The van der Waals surface area contributed by atoms with E-state index in [1.807, 2.05) is 60.7 Å². The third kappa shape index (κ3) is 6.81. The molecule has 0 aliphatic heterocycles. The van der Waals surface area contributed by atoms with Crippen LogP contribution in [0.2, 0.25) is 0 Å². The summed E-state index contributed by atoms with van der Waals surface area (Å²) >= 11 is 0. The van der Waals surface area contributed by atoms with Crippen LogP contribution < -0.4 is 11.1 Å². The Hall–Kier alpha value is -3.35. The summed E-state index contributed by atoms with van der Waals surface area (Å²) in [5.41, 5.74) is 6.75. The molecular formula is C20H22N2O5. The number of alkyl carbamates (subject to hydrolysis) is 1. The number of amides is 2. The number of rotatable bonds is 8. The molecule has 0 aliphatic rings. The molecule has 2 atom stereocenters. The van der Waals surface area contributed by atoms with Crippen LogP contribution in [0.1, 0.15) is 18.1 Å². The highest BCUT2D eigenvalue weighted by atomic mass is 16.6. The maximum absolute atomic E-state index is 12.4. The van der Waals surface area contributed by atoms with E-state index in [-0.39, 0.29) is 13.0 Å². The van der Waals surface area contributed by atoms with E-state index < -0.39 is 30.1 Å². The summed E-state index contributed by atoms with van der Waals surface area (Å²) in [6.07, 6.45) is -1.67. The molecule has 0 saturated carbocycles. The minimum Gasteiger partial charge on any atom is -0.451 e. The number of carbonyl (C=O) groups excluding carboxylic acids is 3. The van der Waals surface area contributed by atoms with Gasteiger partial charge < -0.3 is 20.5 Å². The second-order valence-electron chi connectivity index (χ2n) is 5.93. The Balaban J connectivity index is 2.00. The molecule has 27 heavy (non-hydrogen) atoms. The van der Waals surface area contributed by atoms with Crippen LogP contribution in [0.25, 0.3) is 0 Å². The molecule has 0 bridgehead atoms. The maximum atomic E-state index is 12.4. The molecule has 2 aromatic rings. The van der Waals surface area contributed by atoms with Gasteiger partial charge in [-0.2, -0.15) is 0 Å². The van der Waals surface area contributed by atoms with Gasteiger partial charge >= 0.3 is 12.1 Å². The summed E-state index contributed by atoms with van der Waals surface area (Å²) in [6.45, 7) is 1.44. The summed E-state index contributed by atoms with van der Waals surface area (Å²) in [5.74, 6) is -1.53. The van der Waals surface area contributed by atoms with E-state index in [1.54, 1.807) is 0 Å². The average molecular weight is 370 g/mol. The van der Waals surface area contributed by atoms with Gasteiger partial charge in [-0.25, -0.2) is 9.59 Å². The number of primary amides is 1. The van der Waals surface area contributed by atoms with Gasteiger partial charge in [0.1, 0.15) is 12.6 Å². The molecule has 2 rings (SSSR count). The standard InChI is InChI=1S/C20H22N2O5/c1-14(18(21)23)27-19(24)17(12-15-8-4-2-5-9-15)22-20(25)26-13-16-10-6-3-7-11-16/h2-11,14,17H,12-13H2,1H3,(H2,21,23)(H,22,25)/t14-,17-/m1/s1. The second kappa shape index (κ2) is 9.96. The number of benzene rings is 2. The monoisotopic (exact) mass is 370 g/mol. The minimum absolute atomic E-state index is 0.0669. The van der Waals surface area contributed by atoms with Crippen molar-refractivity contribution in [3.05, 3.63) is 71.8 Å². The van der Waals surface area contributed by atoms with Crippen LogP contribution in [0.4, 0.5) is 4.79 Å². The largest absolute Gasteiger partial charge is 0.451 e. The van der Waals surface area contributed by atoms with Crippen molar-refractivity contribution >= 4 is 18.0 Å². The molecule has 3 N–H and O–H groups in total. The Labute approximate surface area is 157 Å². The number of nitrogens with two attached hydrogens (primary N) is 1. The maximum Gasteiger partial charge on any atom is 0.408 e. The van der Waals surface area contributed by atoms with Crippen LogP contribution in [0.5, 0.6) is 0 Å². The molecule has 0 radical (unpaired) electrons. The van der Waals surface area contributed by atoms with Crippen molar-refractivity contribution in [1.29, 1.82) is 0 Å². The van der Waals surface area contributed by atoms with Crippen LogP contribution in [0, 0.1) is 0 Å². The zero-order valence-corrected chi connectivity index (χ0v) is 15.0. The topological polar surface area (TPSA) is 108 Å². The summed E-state index contributed by atoms with van der Waals surface area (Å²) in [6, 6.07) is 17.2. The van der Waals surface area contributed by atoms with Crippen molar-refractivity contribution in [3.8, 4) is 0 Å². The highest BCUT2D eigenvalue weighted by molar-refractivity contribution is 5.85. The lowest BCUT2D eigenvalue weighted by Crippen LogP contribution is -2.45. The third-order valence-electron chi connectivity index (χ3n) is 3.77. The molecular weight excluding hydrogens is 348 g/mol. The van der Waals surface area contributed by atoms with Crippen molar-refractivity contribution in [2.24, 2.45) is 5.73 Å². The zero-order chi connectivity index (χ0) is 19.6. The predicted molar refractivity (Wildman–Crippen MR) is 98.4 cm³/mol. The van der Waals surface area contributed by atoms with Crippen molar-refractivity contribution in [1.82, 2.24) is 5.32 Å². The Kier molecular flexibility index (Phi) is 7.37. The summed E-state index contributed by atoms with van der Waals surface area (Å²) < 4.78 is 10.2. The van der Waals surface area contributed by atoms with Crippen LogP contribution in [-0.4, -0.2) is 30.1 Å². The van der Waals surface area contributed by atoms with Crippen molar-refractivity contribution in [2.45, 2.75) is 32.1 Å². The summed E-state index contributed by atoms with van der Waals surface area (Å²) in [7, 11) is 0. The fourth-order valence-corrected chi connectivity index (χ4v) is 2.26. The molecule has 0 aliphatic carbocycles. The van der Waals surface area contributed by atoms with Gasteiger partial charge in [-0.1, -0.05) is 60.7 Å². The Bertz CT molecular complexity index is 764. The van der Waals surface area contributed by atoms with Gasteiger partial charge in [0.15, 0.2) is 6.10 Å². The normalized spacial score (nSPS) is 12.5. The van der Waals surface area contributed by atoms with Gasteiger partial charge in [0, 0.05) is 6.42 Å². The number of carbonyl (C=O) groups is 3. The van der Waals surface area contributed by atoms with Crippen LogP contribution >= 0.6 is 0 Å². The van der Waals surface area contributed by atoms with E-state index in [1.165, 1.54) is 6.92 Å². The average Bonchev–Trinajstić information content (AvgIpc) is 2.67. The van der Waals surface area contributed by atoms with E-state index in [2.05, 4.69) is 5.32 Å². The SMILES string of the molecule is C[C@@H](OC(=O)[C@@H](Cc1ccccc1)NC(=O)OCc1ccccc1)C(N)=O. The van der Waals surface area contributed by atoms with Crippen molar-refractivity contribution in [3.63, 3.8) is 0 Å². The van der Waals surface area contributed by atoms with Gasteiger partial charge in [-0.3, -0.25) is 4.79 Å². The van der Waals surface area contributed by atoms with E-state index in [4.69, 9.17) is 15.2 Å². The first-order chi connectivity index (χ1) is 13.0. The van der Waals surface area contributed by atoms with Gasteiger partial charge in [-0.15, -0.1) is 0 Å². The summed E-state index contributed by atoms with van der Waals surface area (Å²) in [5, 5.41) is 2.49. The van der Waals surface area contributed by atoms with Crippen LogP contribution in [0.3, 0.4) is 0 Å². The first kappa shape index (κ1) is 20.0. The third-order valence-corrected chi connectivity index (χ3v) is 3.77. The Morgan fingerprint density at radius 3 is 2.07 bits per heavy atom. The molecule has 0 heterocycles. The minimum atomic E-state index is -1.10. The molecule has 0 fully saturated rings.